The highest BCUT2D eigenvalue weighted by molar-refractivity contribution is 6.29. The summed E-state index contributed by atoms with van der Waals surface area (Å²) < 4.78 is 29.6. The molecule has 7 nitrogen and oxygen atoms in total. The van der Waals surface area contributed by atoms with E-state index >= 15 is 0 Å². The zero-order valence-electron chi connectivity index (χ0n) is 16.7. The van der Waals surface area contributed by atoms with Gasteiger partial charge in [-0.3, -0.25) is 0 Å². The molecule has 0 unspecified atom stereocenters. The van der Waals surface area contributed by atoms with E-state index in [2.05, 4.69) is 26.6 Å². The summed E-state index contributed by atoms with van der Waals surface area (Å²) in [4.78, 5) is 29.5. The number of aromatic carboxylic acids is 1. The van der Waals surface area contributed by atoms with Gasteiger partial charge in [-0.1, -0.05) is 25.1 Å². The number of carboxylic acid groups (broad SMARTS) is 1. The molecular weight excluding hydrogens is 420 g/mol. The lowest BCUT2D eigenvalue weighted by Gasteiger charge is -2.13. The fourth-order valence-corrected chi connectivity index (χ4v) is 2.29. The highest BCUT2D eigenvalue weighted by atomic mass is 35.5. The van der Waals surface area contributed by atoms with E-state index in [0.717, 1.165) is 12.5 Å². The van der Waals surface area contributed by atoms with Crippen molar-refractivity contribution in [2.45, 2.75) is 32.7 Å². The maximum Gasteiger partial charge on any atom is 0.338 e. The second-order valence-corrected chi connectivity index (χ2v) is 6.41. The fraction of sp³-hybridized carbons (Fsp3) is 0.300. The molecule has 2 N–H and O–H groups in total. The van der Waals surface area contributed by atoms with Crippen molar-refractivity contribution in [3.8, 4) is 0 Å². The lowest BCUT2D eigenvalue weighted by Crippen LogP contribution is -2.16. The molecule has 2 aromatic rings. The molecule has 0 aromatic carbocycles. The van der Waals surface area contributed by atoms with Crippen LogP contribution >= 0.6 is 11.6 Å². The van der Waals surface area contributed by atoms with Crippen molar-refractivity contribution < 1.29 is 28.2 Å². The Hall–Kier alpha value is -3.07. The third kappa shape index (κ3) is 7.75. The predicted octanol–water partition coefficient (Wildman–Crippen LogP) is 5.09. The molecule has 1 atom stereocenters. The van der Waals surface area contributed by atoms with E-state index in [4.69, 9.17) is 16.7 Å². The van der Waals surface area contributed by atoms with Crippen LogP contribution in [0.3, 0.4) is 0 Å². The van der Waals surface area contributed by atoms with Gasteiger partial charge < -0.3 is 15.2 Å². The van der Waals surface area contributed by atoms with E-state index in [1.165, 1.54) is 25.3 Å². The van der Waals surface area contributed by atoms with Crippen molar-refractivity contribution in [3.63, 3.8) is 0 Å². The molecule has 162 valence electrons. The third-order valence-electron chi connectivity index (χ3n) is 3.77. The Kier molecular flexibility index (Phi) is 9.83. The third-order valence-corrected chi connectivity index (χ3v) is 3.96. The molecule has 0 amide bonds. The summed E-state index contributed by atoms with van der Waals surface area (Å²) >= 11 is 5.66. The molecule has 0 bridgehead atoms. The van der Waals surface area contributed by atoms with Gasteiger partial charge in [-0.05, 0) is 43.7 Å². The van der Waals surface area contributed by atoms with Crippen LogP contribution in [0.25, 0.3) is 6.08 Å². The van der Waals surface area contributed by atoms with Gasteiger partial charge in [0.25, 0.3) is 6.43 Å². The summed E-state index contributed by atoms with van der Waals surface area (Å²) in [5.74, 6) is -1.52. The summed E-state index contributed by atoms with van der Waals surface area (Å²) in [5, 5.41) is 11.9. The van der Waals surface area contributed by atoms with Crippen molar-refractivity contribution in [1.29, 1.82) is 0 Å². The summed E-state index contributed by atoms with van der Waals surface area (Å²) in [6.07, 6.45) is -0.492. The number of ether oxygens (including phenoxy) is 1. The Labute approximate surface area is 177 Å². The lowest BCUT2D eigenvalue weighted by atomic mass is 10.2. The Morgan fingerprint density at radius 1 is 1.27 bits per heavy atom. The van der Waals surface area contributed by atoms with Gasteiger partial charge in [0, 0.05) is 6.04 Å². The molecule has 0 aliphatic carbocycles. The van der Waals surface area contributed by atoms with Crippen LogP contribution in [0.1, 0.15) is 58.8 Å². The maximum absolute atomic E-state index is 12.5. The minimum Gasteiger partial charge on any atom is -0.478 e. The van der Waals surface area contributed by atoms with Crippen LogP contribution in [-0.2, 0) is 4.74 Å². The van der Waals surface area contributed by atoms with Crippen molar-refractivity contribution >= 4 is 35.4 Å². The number of methoxy groups -OCH3 is 1. The Morgan fingerprint density at radius 3 is 2.43 bits per heavy atom. The minimum absolute atomic E-state index is 0.0390. The number of aromatic nitrogens is 2. The molecule has 30 heavy (non-hydrogen) atoms. The van der Waals surface area contributed by atoms with E-state index in [9.17, 15) is 18.4 Å². The van der Waals surface area contributed by atoms with Crippen LogP contribution in [0, 0.1) is 0 Å². The molecule has 0 radical (unpaired) electrons. The average Bonchev–Trinajstić information content (AvgIpc) is 2.72. The van der Waals surface area contributed by atoms with E-state index in [0.29, 0.717) is 11.3 Å². The molecule has 2 rings (SSSR count). The van der Waals surface area contributed by atoms with E-state index < -0.39 is 24.1 Å². The first-order chi connectivity index (χ1) is 14.1. The molecule has 10 heteroatoms. The van der Waals surface area contributed by atoms with Crippen LogP contribution in [0.15, 0.2) is 30.8 Å². The van der Waals surface area contributed by atoms with Gasteiger partial charge in [-0.15, -0.1) is 0 Å². The number of carbonyl (C=O) groups is 2. The topological polar surface area (TPSA) is 101 Å². The standard InChI is InChI=1S/C11H14F2N2O2.C9H8ClNO2/c1-3-6(2)14-9-5-7(11(16)17)4-8(15-9)10(12)13;1-3-7-4-6(9(12)13-2)5-8(10)11-7/h4-6,10H,3H2,1-2H3,(H,14,15)(H,16,17);3-5H,1H2,2H3/t6-;/m0./s1. The number of hydrogen-bond acceptors (Lipinski definition) is 6. The summed E-state index contributed by atoms with van der Waals surface area (Å²) in [5.41, 5.74) is 0.196. The SMILES string of the molecule is C=Cc1cc(C(=O)OC)cc(Cl)n1.CC[C@H](C)Nc1cc(C(=O)O)cc(C(F)F)n1. The number of halogens is 3. The van der Waals surface area contributed by atoms with Gasteiger partial charge >= 0.3 is 11.9 Å². The zero-order valence-corrected chi connectivity index (χ0v) is 17.4. The normalized spacial score (nSPS) is 11.2. The molecule has 2 heterocycles. The molecular formula is C20H22ClF2N3O4. The first-order valence-corrected chi connectivity index (χ1v) is 9.17. The van der Waals surface area contributed by atoms with Crippen molar-refractivity contribution in [1.82, 2.24) is 9.97 Å². The number of hydrogen-bond donors (Lipinski definition) is 2. The number of pyridine rings is 2. The Balaban J connectivity index is 0.000000311. The molecule has 0 aliphatic rings. The second-order valence-electron chi connectivity index (χ2n) is 6.02. The molecule has 0 fully saturated rings. The van der Waals surface area contributed by atoms with Crippen LogP contribution < -0.4 is 5.32 Å². The number of anilines is 1. The number of nitrogens with one attached hydrogen (secondary N) is 1. The molecule has 0 saturated carbocycles. The number of rotatable bonds is 7. The smallest absolute Gasteiger partial charge is 0.338 e. The van der Waals surface area contributed by atoms with Crippen molar-refractivity contribution in [2.24, 2.45) is 0 Å². The van der Waals surface area contributed by atoms with Gasteiger partial charge in [-0.2, -0.15) is 0 Å². The van der Waals surface area contributed by atoms with Crippen LogP contribution in [0.2, 0.25) is 5.15 Å². The minimum atomic E-state index is -2.79. The maximum atomic E-state index is 12.5. The van der Waals surface area contributed by atoms with Gasteiger partial charge in [-0.25, -0.2) is 28.3 Å². The Morgan fingerprint density at radius 2 is 1.93 bits per heavy atom. The monoisotopic (exact) mass is 441 g/mol. The Bertz CT molecular complexity index is 910. The molecule has 0 saturated heterocycles. The first-order valence-electron chi connectivity index (χ1n) is 8.79. The summed E-state index contributed by atoms with van der Waals surface area (Å²) in [6.45, 7) is 7.31. The molecule has 0 spiro atoms. The quantitative estimate of drug-likeness (QED) is 0.455. The van der Waals surface area contributed by atoms with Crippen molar-refractivity contribution in [3.05, 3.63) is 58.5 Å². The second kappa shape index (κ2) is 11.8. The highest BCUT2D eigenvalue weighted by Gasteiger charge is 2.15. The number of esters is 1. The summed E-state index contributed by atoms with van der Waals surface area (Å²) in [6, 6.07) is 5.18. The molecule has 0 aliphatic heterocycles. The van der Waals surface area contributed by atoms with Crippen LogP contribution in [-0.4, -0.2) is 40.2 Å². The van der Waals surface area contributed by atoms with Crippen LogP contribution in [0.5, 0.6) is 0 Å². The number of nitrogens with zero attached hydrogens (tertiary/aromatic N) is 2. The number of alkyl halides is 2. The number of carbonyl (C=O) groups excluding carboxylic acids is 1. The predicted molar refractivity (Wildman–Crippen MR) is 110 cm³/mol. The van der Waals surface area contributed by atoms with Gasteiger partial charge in [0.2, 0.25) is 0 Å². The average molecular weight is 442 g/mol. The molecule has 2 aromatic heterocycles. The van der Waals surface area contributed by atoms with Crippen LogP contribution in [0.4, 0.5) is 14.6 Å². The highest BCUT2D eigenvalue weighted by Crippen LogP contribution is 2.21. The van der Waals surface area contributed by atoms with E-state index in [1.807, 2.05) is 13.8 Å². The zero-order chi connectivity index (χ0) is 22.8. The van der Waals surface area contributed by atoms with Crippen molar-refractivity contribution in [2.75, 3.05) is 12.4 Å². The van der Waals surface area contributed by atoms with Gasteiger partial charge in [0.05, 0.1) is 23.9 Å². The largest absolute Gasteiger partial charge is 0.478 e. The fourth-order valence-electron chi connectivity index (χ4n) is 2.07. The summed E-state index contributed by atoms with van der Waals surface area (Å²) in [7, 11) is 1.31. The van der Waals surface area contributed by atoms with Gasteiger partial charge in [0.1, 0.15) is 16.7 Å². The van der Waals surface area contributed by atoms with E-state index in [1.54, 1.807) is 6.07 Å². The first kappa shape index (κ1) is 25.0. The van der Waals surface area contributed by atoms with E-state index in [-0.39, 0.29) is 22.6 Å². The number of carboxylic acids is 1. The lowest BCUT2D eigenvalue weighted by molar-refractivity contribution is 0.0599. The van der Waals surface area contributed by atoms with Gasteiger partial charge in [0.15, 0.2) is 0 Å².